The third-order valence-electron chi connectivity index (χ3n) is 5.02. The Kier molecular flexibility index (Phi) is 4.93. The molecule has 2 aromatic rings. The van der Waals surface area contributed by atoms with E-state index >= 15 is 0 Å². The van der Waals surface area contributed by atoms with E-state index in [1.807, 2.05) is 38.1 Å². The van der Waals surface area contributed by atoms with Crippen LogP contribution in [0.2, 0.25) is 0 Å². The Balaban J connectivity index is 2.06. The normalized spacial score (nSPS) is 17.9. The van der Waals surface area contributed by atoms with Crippen LogP contribution in [0.1, 0.15) is 36.2 Å². The number of nitrogens with zero attached hydrogens (tertiary/aromatic N) is 2. The highest BCUT2D eigenvalue weighted by Gasteiger charge is 2.37. The molecule has 0 spiro atoms. The van der Waals surface area contributed by atoms with Crippen molar-refractivity contribution in [3.8, 4) is 0 Å². The number of anilines is 1. The van der Waals surface area contributed by atoms with Crippen molar-refractivity contribution in [2.24, 2.45) is 13.0 Å². The van der Waals surface area contributed by atoms with Crippen molar-refractivity contribution in [2.45, 2.75) is 32.9 Å². The van der Waals surface area contributed by atoms with Crippen LogP contribution in [-0.2, 0) is 18.4 Å². The molecular formula is C20H23N3O3. The molecule has 2 heterocycles. The number of nitrogens with one attached hydrogen (secondary N) is 1. The van der Waals surface area contributed by atoms with Crippen LogP contribution in [0.5, 0.6) is 0 Å². The number of benzene rings is 1. The molecule has 0 saturated carbocycles. The molecule has 0 unspecified atom stereocenters. The number of para-hydroxylation sites is 1. The van der Waals surface area contributed by atoms with Gasteiger partial charge in [-0.1, -0.05) is 38.5 Å². The van der Waals surface area contributed by atoms with Gasteiger partial charge in [-0.05, 0) is 23.6 Å². The van der Waals surface area contributed by atoms with E-state index in [2.05, 4.69) is 5.32 Å². The number of rotatable bonds is 3. The molecule has 2 atom stereocenters. The molecule has 0 bridgehead atoms. The number of fused-ring (bicyclic) bond motifs is 1. The van der Waals surface area contributed by atoms with Gasteiger partial charge in [0, 0.05) is 37.1 Å². The van der Waals surface area contributed by atoms with Crippen LogP contribution >= 0.6 is 0 Å². The van der Waals surface area contributed by atoms with Crippen molar-refractivity contribution < 1.29 is 9.59 Å². The van der Waals surface area contributed by atoms with E-state index in [-0.39, 0.29) is 23.3 Å². The second kappa shape index (κ2) is 7.15. The number of amides is 2. The summed E-state index contributed by atoms with van der Waals surface area (Å²) < 4.78 is 1.41. The van der Waals surface area contributed by atoms with Crippen LogP contribution < -0.4 is 10.9 Å². The SMILES string of the molecule is CC[C@H](C)[C@H]1C(=O)Nc2ccccc2CN1C(=O)c1ccn(C)c(=O)c1. The fraction of sp³-hybridized carbons (Fsp3) is 0.350. The van der Waals surface area contributed by atoms with Crippen LogP contribution in [-0.4, -0.2) is 27.3 Å². The van der Waals surface area contributed by atoms with Gasteiger partial charge in [0.1, 0.15) is 6.04 Å². The van der Waals surface area contributed by atoms with Gasteiger partial charge in [-0.25, -0.2) is 0 Å². The minimum atomic E-state index is -0.594. The summed E-state index contributed by atoms with van der Waals surface area (Å²) in [5, 5.41) is 2.95. The molecule has 1 aliphatic rings. The maximum atomic E-state index is 13.2. The molecule has 0 fully saturated rings. The van der Waals surface area contributed by atoms with E-state index < -0.39 is 6.04 Å². The van der Waals surface area contributed by atoms with E-state index in [0.29, 0.717) is 12.1 Å². The minimum Gasteiger partial charge on any atom is -0.324 e. The minimum absolute atomic E-state index is 0.0141. The van der Waals surface area contributed by atoms with Crippen LogP contribution in [0.3, 0.4) is 0 Å². The first-order valence-electron chi connectivity index (χ1n) is 8.78. The van der Waals surface area contributed by atoms with Gasteiger partial charge >= 0.3 is 0 Å². The molecule has 3 rings (SSSR count). The zero-order chi connectivity index (χ0) is 18.8. The molecule has 0 aliphatic carbocycles. The average Bonchev–Trinajstić information content (AvgIpc) is 2.78. The fourth-order valence-electron chi connectivity index (χ4n) is 3.24. The Bertz CT molecular complexity index is 903. The maximum Gasteiger partial charge on any atom is 0.255 e. The molecule has 1 aliphatic heterocycles. The lowest BCUT2D eigenvalue weighted by atomic mass is 9.96. The Labute approximate surface area is 152 Å². The zero-order valence-corrected chi connectivity index (χ0v) is 15.2. The molecule has 26 heavy (non-hydrogen) atoms. The summed E-state index contributed by atoms with van der Waals surface area (Å²) in [7, 11) is 1.63. The zero-order valence-electron chi connectivity index (χ0n) is 15.2. The quantitative estimate of drug-likeness (QED) is 0.921. The average molecular weight is 353 g/mol. The molecule has 6 nitrogen and oxygen atoms in total. The van der Waals surface area contributed by atoms with Crippen LogP contribution in [0.25, 0.3) is 0 Å². The molecule has 136 valence electrons. The van der Waals surface area contributed by atoms with Crippen molar-refractivity contribution in [3.63, 3.8) is 0 Å². The van der Waals surface area contributed by atoms with Crippen molar-refractivity contribution in [2.75, 3.05) is 5.32 Å². The summed E-state index contributed by atoms with van der Waals surface area (Å²) in [5.41, 5.74) is 1.65. The second-order valence-electron chi connectivity index (χ2n) is 6.77. The van der Waals surface area contributed by atoms with Gasteiger partial charge in [0.25, 0.3) is 11.5 Å². The van der Waals surface area contributed by atoms with Crippen molar-refractivity contribution in [3.05, 3.63) is 64.1 Å². The number of carbonyl (C=O) groups is 2. The molecule has 0 saturated heterocycles. The molecule has 1 aromatic heterocycles. The summed E-state index contributed by atoms with van der Waals surface area (Å²) in [6.45, 7) is 4.28. The number of carbonyl (C=O) groups excluding carboxylic acids is 2. The van der Waals surface area contributed by atoms with Crippen LogP contribution in [0.15, 0.2) is 47.4 Å². The summed E-state index contributed by atoms with van der Waals surface area (Å²) in [5.74, 6) is -0.513. The van der Waals surface area contributed by atoms with E-state index in [4.69, 9.17) is 0 Å². The number of pyridine rings is 1. The standard InChI is InChI=1S/C20H23N3O3/c1-4-13(2)18-19(25)21-16-8-6-5-7-15(16)12-23(18)20(26)14-9-10-22(3)17(24)11-14/h5-11,13,18H,4,12H2,1-3H3,(H,21,25)/t13-,18-/m0/s1. The largest absolute Gasteiger partial charge is 0.324 e. The lowest BCUT2D eigenvalue weighted by molar-refractivity contribution is -0.122. The predicted octanol–water partition coefficient (Wildman–Crippen LogP) is 2.39. The van der Waals surface area contributed by atoms with Gasteiger partial charge in [0.05, 0.1) is 0 Å². The maximum absolute atomic E-state index is 13.2. The van der Waals surface area contributed by atoms with E-state index in [0.717, 1.165) is 17.7 Å². The predicted molar refractivity (Wildman–Crippen MR) is 99.9 cm³/mol. The van der Waals surface area contributed by atoms with Gasteiger partial charge in [0.2, 0.25) is 5.91 Å². The van der Waals surface area contributed by atoms with Gasteiger partial charge in [0.15, 0.2) is 0 Å². The lowest BCUT2D eigenvalue weighted by Crippen LogP contribution is -2.49. The highest BCUT2D eigenvalue weighted by Crippen LogP contribution is 2.28. The first-order valence-corrected chi connectivity index (χ1v) is 8.78. The molecular weight excluding hydrogens is 330 g/mol. The van der Waals surface area contributed by atoms with Crippen molar-refractivity contribution in [1.82, 2.24) is 9.47 Å². The van der Waals surface area contributed by atoms with E-state index in [1.165, 1.54) is 10.6 Å². The molecule has 1 N–H and O–H groups in total. The number of aryl methyl sites for hydroxylation is 1. The van der Waals surface area contributed by atoms with Gasteiger partial charge in [-0.3, -0.25) is 14.4 Å². The summed E-state index contributed by atoms with van der Waals surface area (Å²) in [6.07, 6.45) is 2.33. The Morgan fingerprint density at radius 3 is 2.69 bits per heavy atom. The summed E-state index contributed by atoms with van der Waals surface area (Å²) in [6, 6.07) is 9.83. The lowest BCUT2D eigenvalue weighted by Gasteiger charge is -2.32. The molecule has 0 radical (unpaired) electrons. The van der Waals surface area contributed by atoms with Gasteiger partial charge < -0.3 is 14.8 Å². The highest BCUT2D eigenvalue weighted by atomic mass is 16.2. The summed E-state index contributed by atoms with van der Waals surface area (Å²) in [4.78, 5) is 39.6. The summed E-state index contributed by atoms with van der Waals surface area (Å²) >= 11 is 0. The first kappa shape index (κ1) is 17.9. The van der Waals surface area contributed by atoms with Gasteiger partial charge in [-0.2, -0.15) is 0 Å². The first-order chi connectivity index (χ1) is 12.4. The van der Waals surface area contributed by atoms with Gasteiger partial charge in [-0.15, -0.1) is 0 Å². The van der Waals surface area contributed by atoms with Crippen molar-refractivity contribution in [1.29, 1.82) is 0 Å². The van der Waals surface area contributed by atoms with E-state index in [1.54, 1.807) is 24.2 Å². The topological polar surface area (TPSA) is 71.4 Å². The smallest absolute Gasteiger partial charge is 0.255 e. The molecule has 2 amide bonds. The third kappa shape index (κ3) is 3.27. The second-order valence-corrected chi connectivity index (χ2v) is 6.77. The Hall–Kier alpha value is -2.89. The highest BCUT2D eigenvalue weighted by molar-refractivity contribution is 6.02. The number of hydrogen-bond donors (Lipinski definition) is 1. The fourth-order valence-corrected chi connectivity index (χ4v) is 3.24. The number of hydrogen-bond acceptors (Lipinski definition) is 3. The molecule has 1 aromatic carbocycles. The Morgan fingerprint density at radius 2 is 2.00 bits per heavy atom. The van der Waals surface area contributed by atoms with Crippen molar-refractivity contribution >= 4 is 17.5 Å². The number of aromatic nitrogens is 1. The van der Waals surface area contributed by atoms with Crippen LogP contribution in [0.4, 0.5) is 5.69 Å². The Morgan fingerprint density at radius 1 is 1.27 bits per heavy atom. The monoisotopic (exact) mass is 353 g/mol. The van der Waals surface area contributed by atoms with E-state index in [9.17, 15) is 14.4 Å². The molecule has 6 heteroatoms. The van der Waals surface area contributed by atoms with Crippen LogP contribution in [0, 0.1) is 5.92 Å². The third-order valence-corrected chi connectivity index (χ3v) is 5.02.